The monoisotopic (exact) mass is 402 g/mol. The number of carbonyl (C=O) groups is 1. The minimum absolute atomic E-state index is 0.236. The Labute approximate surface area is 177 Å². The van der Waals surface area contributed by atoms with E-state index in [-0.39, 0.29) is 5.91 Å². The molecular weight excluding hydrogens is 376 g/mol. The highest BCUT2D eigenvalue weighted by molar-refractivity contribution is 5.86. The number of benzene rings is 2. The third-order valence-corrected chi connectivity index (χ3v) is 5.47. The third-order valence-electron chi connectivity index (χ3n) is 5.47. The summed E-state index contributed by atoms with van der Waals surface area (Å²) >= 11 is 0. The van der Waals surface area contributed by atoms with Gasteiger partial charge in [0, 0.05) is 19.6 Å². The van der Waals surface area contributed by atoms with Gasteiger partial charge in [0.1, 0.15) is 6.04 Å². The Morgan fingerprint density at radius 2 is 1.83 bits per heavy atom. The molecule has 0 aliphatic carbocycles. The van der Waals surface area contributed by atoms with Crippen LogP contribution in [0.2, 0.25) is 0 Å². The van der Waals surface area contributed by atoms with E-state index in [1.54, 1.807) is 12.1 Å². The summed E-state index contributed by atoms with van der Waals surface area (Å²) in [4.78, 5) is 12.9. The number of hydrogen-bond acceptors (Lipinski definition) is 5. The van der Waals surface area contributed by atoms with Gasteiger partial charge in [0.05, 0.1) is 17.7 Å². The first-order valence-corrected chi connectivity index (χ1v) is 10.2. The third kappa shape index (κ3) is 5.04. The summed E-state index contributed by atoms with van der Waals surface area (Å²) in [5.74, 6) is -0.236. The summed E-state index contributed by atoms with van der Waals surface area (Å²) in [5, 5.41) is 24.6. The Bertz CT molecular complexity index is 931. The van der Waals surface area contributed by atoms with Crippen LogP contribution in [0, 0.1) is 22.7 Å². The summed E-state index contributed by atoms with van der Waals surface area (Å²) in [5.41, 5.74) is 2.72. The van der Waals surface area contributed by atoms with Crippen LogP contribution in [0.15, 0.2) is 48.5 Å². The van der Waals surface area contributed by atoms with Gasteiger partial charge in [-0.3, -0.25) is 4.79 Å². The fourth-order valence-corrected chi connectivity index (χ4v) is 3.56. The van der Waals surface area contributed by atoms with Crippen LogP contribution in [0.3, 0.4) is 0 Å². The van der Waals surface area contributed by atoms with Crippen LogP contribution >= 0.6 is 0 Å². The molecule has 0 bridgehead atoms. The quantitative estimate of drug-likeness (QED) is 0.774. The van der Waals surface area contributed by atoms with Crippen molar-refractivity contribution in [3.8, 4) is 23.3 Å². The van der Waals surface area contributed by atoms with Crippen molar-refractivity contribution in [1.82, 2.24) is 10.6 Å². The van der Waals surface area contributed by atoms with Gasteiger partial charge in [0.15, 0.2) is 5.60 Å². The lowest BCUT2D eigenvalue weighted by Crippen LogP contribution is -2.55. The topological polar surface area (TPSA) is 97.9 Å². The van der Waals surface area contributed by atoms with E-state index in [4.69, 9.17) is 10.00 Å². The van der Waals surface area contributed by atoms with Gasteiger partial charge in [-0.15, -0.1) is 0 Å². The number of rotatable bonds is 6. The zero-order valence-corrected chi connectivity index (χ0v) is 17.1. The number of ether oxygens (including phenoxy) is 1. The van der Waals surface area contributed by atoms with Crippen LogP contribution < -0.4 is 10.6 Å². The number of carbonyl (C=O) groups excluding carboxylic acids is 1. The first-order valence-electron chi connectivity index (χ1n) is 10.2. The van der Waals surface area contributed by atoms with E-state index in [2.05, 4.69) is 22.8 Å². The first kappa shape index (κ1) is 21.5. The van der Waals surface area contributed by atoms with Crippen LogP contribution in [0.25, 0.3) is 11.1 Å². The number of nitrogens with one attached hydrogen (secondary N) is 2. The van der Waals surface area contributed by atoms with E-state index in [1.165, 1.54) is 0 Å². The molecule has 2 atom stereocenters. The molecule has 2 N–H and O–H groups in total. The van der Waals surface area contributed by atoms with Crippen molar-refractivity contribution in [2.45, 2.75) is 37.8 Å². The lowest BCUT2D eigenvalue weighted by molar-refractivity contribution is -0.146. The summed E-state index contributed by atoms with van der Waals surface area (Å²) in [6.07, 6.45) is 1.83. The second kappa shape index (κ2) is 10.0. The first-order chi connectivity index (χ1) is 14.6. The van der Waals surface area contributed by atoms with Crippen LogP contribution in [-0.2, 0) is 16.0 Å². The molecule has 1 aliphatic heterocycles. The molecule has 2 aromatic rings. The normalized spacial score (nSPS) is 19.7. The van der Waals surface area contributed by atoms with Gasteiger partial charge in [0.2, 0.25) is 0 Å². The van der Waals surface area contributed by atoms with Gasteiger partial charge in [-0.05, 0) is 48.2 Å². The number of amides is 1. The minimum atomic E-state index is -0.926. The molecule has 1 aliphatic rings. The Morgan fingerprint density at radius 1 is 1.17 bits per heavy atom. The molecule has 1 unspecified atom stereocenters. The van der Waals surface area contributed by atoms with Gasteiger partial charge in [0.25, 0.3) is 5.91 Å². The second-order valence-corrected chi connectivity index (χ2v) is 7.47. The standard InChI is InChI=1S/C24H26N4O2/c1-2-24(17-27-12-3-13-30-24)23(29)28-22(16-26)14-18-4-8-20(9-5-18)21-10-6-19(15-25)7-11-21/h4-11,22,27H,2-3,12-14,17H2,1H3,(H,28,29)/t22-,24?/m0/s1. The molecule has 1 amide bonds. The van der Waals surface area contributed by atoms with Crippen LogP contribution in [-0.4, -0.2) is 37.2 Å². The maximum atomic E-state index is 12.9. The SMILES string of the molecule is CCC1(C(=O)N[C@H](C#N)Cc2ccc(-c3ccc(C#N)cc3)cc2)CNCCCO1. The van der Waals surface area contributed by atoms with E-state index in [0.717, 1.165) is 29.7 Å². The summed E-state index contributed by atoms with van der Waals surface area (Å²) in [7, 11) is 0. The predicted octanol–water partition coefficient (Wildman–Crippen LogP) is 2.93. The Morgan fingerprint density at radius 3 is 2.43 bits per heavy atom. The average Bonchev–Trinajstić information content (AvgIpc) is 3.06. The largest absolute Gasteiger partial charge is 0.364 e. The van der Waals surface area contributed by atoms with Crippen molar-refractivity contribution in [1.29, 1.82) is 10.5 Å². The fourth-order valence-electron chi connectivity index (χ4n) is 3.56. The number of hydrogen-bond donors (Lipinski definition) is 2. The van der Waals surface area contributed by atoms with Gasteiger partial charge in [-0.1, -0.05) is 43.3 Å². The number of nitriles is 2. The lowest BCUT2D eigenvalue weighted by atomic mass is 9.97. The molecule has 0 radical (unpaired) electrons. The van der Waals surface area contributed by atoms with Crippen LogP contribution in [0.5, 0.6) is 0 Å². The van der Waals surface area contributed by atoms with Gasteiger partial charge in [-0.2, -0.15) is 10.5 Å². The zero-order valence-electron chi connectivity index (χ0n) is 17.1. The van der Waals surface area contributed by atoms with Gasteiger partial charge >= 0.3 is 0 Å². The maximum Gasteiger partial charge on any atom is 0.254 e. The van der Waals surface area contributed by atoms with Crippen molar-refractivity contribution in [3.63, 3.8) is 0 Å². The van der Waals surface area contributed by atoms with E-state index in [0.29, 0.717) is 31.6 Å². The highest BCUT2D eigenvalue weighted by atomic mass is 16.5. The Balaban J connectivity index is 1.65. The zero-order chi connectivity index (χ0) is 21.4. The summed E-state index contributed by atoms with van der Waals surface area (Å²) in [6, 6.07) is 19.0. The molecule has 1 heterocycles. The summed E-state index contributed by atoms with van der Waals surface area (Å²) in [6.45, 7) is 3.73. The molecule has 0 saturated carbocycles. The highest BCUT2D eigenvalue weighted by Crippen LogP contribution is 2.22. The van der Waals surface area contributed by atoms with Crippen LogP contribution in [0.4, 0.5) is 0 Å². The second-order valence-electron chi connectivity index (χ2n) is 7.47. The molecule has 1 fully saturated rings. The fraction of sp³-hybridized carbons (Fsp3) is 0.375. The molecule has 0 spiro atoms. The molecule has 154 valence electrons. The molecule has 6 nitrogen and oxygen atoms in total. The lowest BCUT2D eigenvalue weighted by Gasteiger charge is -2.30. The van der Waals surface area contributed by atoms with E-state index in [9.17, 15) is 10.1 Å². The maximum absolute atomic E-state index is 12.9. The smallest absolute Gasteiger partial charge is 0.254 e. The van der Waals surface area contributed by atoms with Crippen molar-refractivity contribution in [2.75, 3.05) is 19.7 Å². The predicted molar refractivity (Wildman–Crippen MR) is 114 cm³/mol. The molecule has 2 aromatic carbocycles. The van der Waals surface area contributed by atoms with E-state index in [1.807, 2.05) is 43.3 Å². The highest BCUT2D eigenvalue weighted by Gasteiger charge is 2.39. The molecular formula is C24H26N4O2. The molecule has 1 saturated heterocycles. The molecule has 0 aromatic heterocycles. The van der Waals surface area contributed by atoms with Gasteiger partial charge < -0.3 is 15.4 Å². The van der Waals surface area contributed by atoms with E-state index < -0.39 is 11.6 Å². The van der Waals surface area contributed by atoms with Gasteiger partial charge in [-0.25, -0.2) is 0 Å². The minimum Gasteiger partial charge on any atom is -0.364 e. The van der Waals surface area contributed by atoms with Crippen molar-refractivity contribution >= 4 is 5.91 Å². The Kier molecular flexibility index (Phi) is 7.19. The molecule has 6 heteroatoms. The Hall–Kier alpha value is -3.19. The molecule has 3 rings (SSSR count). The summed E-state index contributed by atoms with van der Waals surface area (Å²) < 4.78 is 5.87. The van der Waals surface area contributed by atoms with Crippen molar-refractivity contribution in [2.24, 2.45) is 0 Å². The number of nitrogens with zero attached hydrogens (tertiary/aromatic N) is 2. The van der Waals surface area contributed by atoms with E-state index >= 15 is 0 Å². The average molecular weight is 402 g/mol. The van der Waals surface area contributed by atoms with Crippen LogP contribution in [0.1, 0.15) is 30.9 Å². The van der Waals surface area contributed by atoms with Crippen molar-refractivity contribution in [3.05, 3.63) is 59.7 Å². The molecule has 30 heavy (non-hydrogen) atoms. The van der Waals surface area contributed by atoms with Crippen molar-refractivity contribution < 1.29 is 9.53 Å².